The monoisotopic (exact) mass is 1380 g/mol. The molecule has 0 aromatic rings. The first-order valence-corrected chi connectivity index (χ1v) is 45.2. The lowest BCUT2D eigenvalue weighted by Gasteiger charge is -2.22. The van der Waals surface area contributed by atoms with E-state index in [1.165, 1.54) is 430 Å². The van der Waals surface area contributed by atoms with E-state index in [4.69, 9.17) is 4.74 Å². The van der Waals surface area contributed by atoms with Gasteiger partial charge in [-0.2, -0.15) is 0 Å². The van der Waals surface area contributed by atoms with Gasteiger partial charge in [0.2, 0.25) is 5.91 Å². The minimum absolute atomic E-state index is 0.0157. The molecule has 0 aliphatic rings. The Morgan fingerprint density at radius 2 is 0.510 bits per heavy atom. The fraction of sp³-hybridized carbons (Fsp3) is 0.913. The van der Waals surface area contributed by atoms with Crippen molar-refractivity contribution < 1.29 is 24.5 Å². The number of esters is 1. The summed E-state index contributed by atoms with van der Waals surface area (Å²) < 4.78 is 5.51. The van der Waals surface area contributed by atoms with Gasteiger partial charge in [-0.25, -0.2) is 0 Å². The van der Waals surface area contributed by atoms with E-state index in [1.807, 2.05) is 0 Å². The number of amides is 1. The van der Waals surface area contributed by atoms with Crippen molar-refractivity contribution in [3.05, 3.63) is 36.5 Å². The number of aliphatic hydroxyl groups is 2. The lowest BCUT2D eigenvalue weighted by atomic mass is 10.0. The molecule has 0 saturated heterocycles. The maximum absolute atomic E-state index is 12.6. The van der Waals surface area contributed by atoms with Gasteiger partial charge < -0.3 is 20.3 Å². The van der Waals surface area contributed by atoms with Gasteiger partial charge in [0.1, 0.15) is 0 Å². The van der Waals surface area contributed by atoms with Crippen LogP contribution in [-0.4, -0.2) is 47.4 Å². The molecule has 0 aliphatic heterocycles. The molecule has 0 spiro atoms. The molecule has 2 unspecified atom stereocenters. The smallest absolute Gasteiger partial charge is 0.305 e. The van der Waals surface area contributed by atoms with Crippen LogP contribution in [0.1, 0.15) is 515 Å². The average Bonchev–Trinajstić information content (AvgIpc) is 1.73. The SMILES string of the molecule is CCCCC/C=C\C/C=C\CCCCCCCCCC(=O)OCCCCCCCCCCCCCCCCCCCC/C=C\CCCCCCCCCCCCCCCCCCCC(=O)NC(CO)C(O)CCCCCCCCCCCCCCCCCCCCCCCCCCC. The highest BCUT2D eigenvalue weighted by atomic mass is 16.5. The standard InChI is InChI=1S/C92H177NO5/c1-3-5-7-9-11-13-15-17-19-21-22-23-24-40-43-46-49-53-56-60-64-68-72-76-80-84-90(95)89(88-94)93-91(96)85-81-77-73-69-65-61-57-54-50-47-44-41-38-36-34-32-30-28-26-25-27-29-31-33-35-37-39-42-45-48-51-55-59-63-67-71-75-79-83-87-98-92(97)86-82-78-74-70-66-62-58-52-20-18-16-14-12-10-8-6-4-2/h12,14,18,20,25-26,89-90,94-95H,3-11,13,15-17,19,21-24,27-88H2,1-2H3,(H,93,96)/b14-12-,20-18-,26-25-. The number of hydrogen-bond acceptors (Lipinski definition) is 5. The molecular formula is C92H177NO5. The molecule has 0 aromatic carbocycles. The Morgan fingerprint density at radius 3 is 0.806 bits per heavy atom. The topological polar surface area (TPSA) is 95.9 Å². The van der Waals surface area contributed by atoms with Gasteiger partial charge in [-0.1, -0.05) is 455 Å². The van der Waals surface area contributed by atoms with Gasteiger partial charge in [-0.15, -0.1) is 0 Å². The lowest BCUT2D eigenvalue weighted by Crippen LogP contribution is -2.45. The van der Waals surface area contributed by atoms with Gasteiger partial charge in [0, 0.05) is 12.8 Å². The second-order valence-corrected chi connectivity index (χ2v) is 31.3. The van der Waals surface area contributed by atoms with Crippen LogP contribution >= 0.6 is 0 Å². The first-order chi connectivity index (χ1) is 48.5. The van der Waals surface area contributed by atoms with Gasteiger partial charge >= 0.3 is 5.97 Å². The van der Waals surface area contributed by atoms with E-state index in [-0.39, 0.29) is 18.5 Å². The first-order valence-electron chi connectivity index (χ1n) is 45.2. The van der Waals surface area contributed by atoms with Crippen LogP contribution < -0.4 is 5.32 Å². The van der Waals surface area contributed by atoms with Crippen molar-refractivity contribution in [2.45, 2.75) is 527 Å². The summed E-state index contributed by atoms with van der Waals surface area (Å²) >= 11 is 0. The normalized spacial score (nSPS) is 12.6. The first kappa shape index (κ1) is 96.1. The van der Waals surface area contributed by atoms with Crippen LogP contribution in [0.25, 0.3) is 0 Å². The summed E-state index contributed by atoms with van der Waals surface area (Å²) in [6, 6.07) is -0.540. The zero-order chi connectivity index (χ0) is 70.5. The number of hydrogen-bond donors (Lipinski definition) is 3. The third-order valence-corrected chi connectivity index (χ3v) is 21.4. The van der Waals surface area contributed by atoms with Gasteiger partial charge in [-0.3, -0.25) is 9.59 Å². The van der Waals surface area contributed by atoms with Crippen molar-refractivity contribution in [2.75, 3.05) is 13.2 Å². The van der Waals surface area contributed by atoms with Gasteiger partial charge in [0.15, 0.2) is 0 Å². The Balaban J connectivity index is 3.33. The van der Waals surface area contributed by atoms with Crippen molar-refractivity contribution in [3.63, 3.8) is 0 Å². The summed E-state index contributed by atoms with van der Waals surface area (Å²) in [4.78, 5) is 24.7. The molecule has 3 N–H and O–H groups in total. The molecular weight excluding hydrogens is 1200 g/mol. The number of carbonyl (C=O) groups excluding carboxylic acids is 2. The van der Waals surface area contributed by atoms with E-state index in [2.05, 4.69) is 55.6 Å². The van der Waals surface area contributed by atoms with Gasteiger partial charge in [-0.05, 0) is 83.5 Å². The minimum Gasteiger partial charge on any atom is -0.466 e. The molecule has 98 heavy (non-hydrogen) atoms. The van der Waals surface area contributed by atoms with E-state index in [1.54, 1.807) is 0 Å². The molecule has 0 aromatic heterocycles. The Kier molecular flexibility index (Phi) is 85.8. The largest absolute Gasteiger partial charge is 0.466 e. The third-order valence-electron chi connectivity index (χ3n) is 21.4. The zero-order valence-electron chi connectivity index (χ0n) is 66.8. The van der Waals surface area contributed by atoms with Crippen molar-refractivity contribution in [2.24, 2.45) is 0 Å². The molecule has 0 rings (SSSR count). The maximum Gasteiger partial charge on any atom is 0.305 e. The number of nitrogens with one attached hydrogen (secondary N) is 1. The van der Waals surface area contributed by atoms with Crippen LogP contribution in [0.15, 0.2) is 36.5 Å². The molecule has 6 heteroatoms. The quantitative estimate of drug-likeness (QED) is 0.0320. The summed E-state index contributed by atoms with van der Waals surface area (Å²) in [5.74, 6) is -0.00850. The average molecular weight is 1380 g/mol. The highest BCUT2D eigenvalue weighted by molar-refractivity contribution is 5.76. The zero-order valence-corrected chi connectivity index (χ0v) is 66.8. The summed E-state index contributed by atoms with van der Waals surface area (Å²) in [6.07, 6.45) is 116. The molecule has 580 valence electrons. The molecule has 0 fully saturated rings. The molecule has 0 bridgehead atoms. The van der Waals surface area contributed by atoms with Gasteiger partial charge in [0.05, 0.1) is 25.4 Å². The van der Waals surface area contributed by atoms with Crippen LogP contribution in [0.3, 0.4) is 0 Å². The van der Waals surface area contributed by atoms with Gasteiger partial charge in [0.25, 0.3) is 0 Å². The number of carbonyl (C=O) groups is 2. The van der Waals surface area contributed by atoms with Crippen LogP contribution in [0, 0.1) is 0 Å². The highest BCUT2D eigenvalue weighted by Crippen LogP contribution is 2.21. The summed E-state index contributed by atoms with van der Waals surface area (Å²) in [7, 11) is 0. The Bertz CT molecular complexity index is 1590. The molecule has 0 aliphatic carbocycles. The number of ether oxygens (including phenoxy) is 1. The molecule has 2 atom stereocenters. The van der Waals surface area contributed by atoms with Crippen molar-refractivity contribution in [3.8, 4) is 0 Å². The summed E-state index contributed by atoms with van der Waals surface area (Å²) in [5, 5.41) is 23.5. The highest BCUT2D eigenvalue weighted by Gasteiger charge is 2.20. The van der Waals surface area contributed by atoms with Crippen LogP contribution in [0.2, 0.25) is 0 Å². The van der Waals surface area contributed by atoms with Crippen LogP contribution in [-0.2, 0) is 14.3 Å². The van der Waals surface area contributed by atoms with E-state index in [9.17, 15) is 19.8 Å². The minimum atomic E-state index is -0.663. The Morgan fingerprint density at radius 1 is 0.286 bits per heavy atom. The fourth-order valence-corrected chi connectivity index (χ4v) is 14.6. The van der Waals surface area contributed by atoms with Crippen molar-refractivity contribution in [1.29, 1.82) is 0 Å². The Hall–Kier alpha value is -1.92. The van der Waals surface area contributed by atoms with Crippen LogP contribution in [0.5, 0.6) is 0 Å². The molecule has 6 nitrogen and oxygen atoms in total. The lowest BCUT2D eigenvalue weighted by molar-refractivity contribution is -0.143. The van der Waals surface area contributed by atoms with E-state index < -0.39 is 12.1 Å². The number of rotatable bonds is 86. The number of unbranched alkanes of at least 4 members (excludes halogenated alkanes) is 69. The maximum atomic E-state index is 12.6. The Labute approximate surface area is 614 Å². The second kappa shape index (κ2) is 87.5. The number of aliphatic hydroxyl groups excluding tert-OH is 2. The van der Waals surface area contributed by atoms with E-state index in [0.29, 0.717) is 25.9 Å². The van der Waals surface area contributed by atoms with Crippen molar-refractivity contribution in [1.82, 2.24) is 5.32 Å². The van der Waals surface area contributed by atoms with E-state index >= 15 is 0 Å². The van der Waals surface area contributed by atoms with Crippen LogP contribution in [0.4, 0.5) is 0 Å². The molecule has 0 saturated carbocycles. The molecule has 0 heterocycles. The van der Waals surface area contributed by atoms with Crippen molar-refractivity contribution >= 4 is 11.9 Å². The predicted octanol–water partition coefficient (Wildman–Crippen LogP) is 30.5. The summed E-state index contributed by atoms with van der Waals surface area (Å²) in [5.41, 5.74) is 0. The van der Waals surface area contributed by atoms with E-state index in [0.717, 1.165) is 51.4 Å². The third kappa shape index (κ3) is 83.0. The molecule has 1 amide bonds. The predicted molar refractivity (Wildman–Crippen MR) is 435 cm³/mol. The summed E-state index contributed by atoms with van der Waals surface area (Å²) in [6.45, 7) is 4.99. The fourth-order valence-electron chi connectivity index (χ4n) is 14.6. The number of allylic oxidation sites excluding steroid dienone is 6. The second-order valence-electron chi connectivity index (χ2n) is 31.3. The molecule has 0 radical (unpaired) electrons.